The maximum Gasteiger partial charge on any atom is 0.134 e. The van der Waals surface area contributed by atoms with Gasteiger partial charge in [-0.25, -0.2) is 0 Å². The van der Waals surface area contributed by atoms with Crippen molar-refractivity contribution in [3.05, 3.63) is 35.6 Å². The summed E-state index contributed by atoms with van der Waals surface area (Å²) in [5.41, 5.74) is 7.95. The fourth-order valence-corrected chi connectivity index (χ4v) is 1.82. The van der Waals surface area contributed by atoms with Crippen LogP contribution in [0, 0.1) is 0 Å². The third-order valence-electron chi connectivity index (χ3n) is 2.83. The van der Waals surface area contributed by atoms with Crippen LogP contribution >= 0.6 is 0 Å². The van der Waals surface area contributed by atoms with Crippen LogP contribution in [0.2, 0.25) is 0 Å². The molecule has 2 nitrogen and oxygen atoms in total. The molecule has 86 valence electrons. The highest BCUT2D eigenvalue weighted by Gasteiger charge is 2.15. The molecule has 2 aromatic rings. The molecule has 0 fully saturated rings. The summed E-state index contributed by atoms with van der Waals surface area (Å²) in [7, 11) is 0. The Labute approximate surface area is 96.4 Å². The molecule has 0 saturated carbocycles. The van der Waals surface area contributed by atoms with E-state index in [1.807, 2.05) is 0 Å². The molecule has 1 heterocycles. The number of hydrogen-bond acceptors (Lipinski definition) is 2. The molecule has 0 saturated heterocycles. The maximum atomic E-state index is 5.76. The molecule has 0 aliphatic heterocycles. The van der Waals surface area contributed by atoms with Crippen molar-refractivity contribution in [3.8, 4) is 0 Å². The van der Waals surface area contributed by atoms with Crippen molar-refractivity contribution in [3.63, 3.8) is 0 Å². The minimum Gasteiger partial charge on any atom is -0.461 e. The van der Waals surface area contributed by atoms with Gasteiger partial charge >= 0.3 is 0 Å². The van der Waals surface area contributed by atoms with Crippen molar-refractivity contribution in [1.82, 2.24) is 0 Å². The number of furan rings is 1. The zero-order valence-corrected chi connectivity index (χ0v) is 10.2. The lowest BCUT2D eigenvalue weighted by Gasteiger charge is -2.18. The SMILES string of the molecule is CC(C)(C)c1ccc2cc(CCN)oc2c1. The monoisotopic (exact) mass is 217 g/mol. The molecule has 2 rings (SSSR count). The number of benzene rings is 1. The minimum absolute atomic E-state index is 0.162. The average molecular weight is 217 g/mol. The molecule has 0 radical (unpaired) electrons. The van der Waals surface area contributed by atoms with Crippen LogP contribution in [-0.2, 0) is 11.8 Å². The average Bonchev–Trinajstić information content (AvgIpc) is 2.57. The molecular weight excluding hydrogens is 198 g/mol. The minimum atomic E-state index is 0.162. The van der Waals surface area contributed by atoms with Crippen LogP contribution in [0.25, 0.3) is 11.0 Å². The van der Waals surface area contributed by atoms with Gasteiger partial charge in [0.1, 0.15) is 11.3 Å². The van der Waals surface area contributed by atoms with Crippen LogP contribution in [-0.4, -0.2) is 6.54 Å². The van der Waals surface area contributed by atoms with Crippen LogP contribution < -0.4 is 5.73 Å². The molecule has 0 spiro atoms. The van der Waals surface area contributed by atoms with E-state index in [1.54, 1.807) is 0 Å². The molecule has 0 amide bonds. The summed E-state index contributed by atoms with van der Waals surface area (Å²) in [6.45, 7) is 7.25. The van der Waals surface area contributed by atoms with E-state index >= 15 is 0 Å². The number of hydrogen-bond donors (Lipinski definition) is 1. The second-order valence-electron chi connectivity index (χ2n) is 5.25. The van der Waals surface area contributed by atoms with Crippen LogP contribution in [0.1, 0.15) is 32.1 Å². The summed E-state index contributed by atoms with van der Waals surface area (Å²) in [5, 5.41) is 1.16. The third kappa shape index (κ3) is 2.12. The van der Waals surface area contributed by atoms with Crippen molar-refractivity contribution in [1.29, 1.82) is 0 Å². The molecule has 16 heavy (non-hydrogen) atoms. The fourth-order valence-electron chi connectivity index (χ4n) is 1.82. The molecule has 0 aliphatic carbocycles. The molecule has 1 aromatic heterocycles. The summed E-state index contributed by atoms with van der Waals surface area (Å²) < 4.78 is 5.76. The molecule has 0 atom stereocenters. The first-order valence-corrected chi connectivity index (χ1v) is 5.74. The molecule has 1 aromatic carbocycles. The quantitative estimate of drug-likeness (QED) is 0.838. The summed E-state index contributed by atoms with van der Waals surface area (Å²) >= 11 is 0. The summed E-state index contributed by atoms with van der Waals surface area (Å²) in [4.78, 5) is 0. The molecule has 0 bridgehead atoms. The lowest BCUT2D eigenvalue weighted by atomic mass is 9.87. The van der Waals surface area contributed by atoms with Gasteiger partial charge in [0.2, 0.25) is 0 Å². The predicted molar refractivity (Wildman–Crippen MR) is 67.7 cm³/mol. The van der Waals surface area contributed by atoms with E-state index in [2.05, 4.69) is 45.0 Å². The van der Waals surface area contributed by atoms with E-state index in [1.165, 1.54) is 5.56 Å². The Hall–Kier alpha value is -1.28. The zero-order valence-electron chi connectivity index (χ0n) is 10.2. The van der Waals surface area contributed by atoms with Gasteiger partial charge < -0.3 is 10.2 Å². The second-order valence-corrected chi connectivity index (χ2v) is 5.25. The summed E-state index contributed by atoms with van der Waals surface area (Å²) in [5.74, 6) is 0.976. The van der Waals surface area contributed by atoms with E-state index in [0.29, 0.717) is 6.54 Å². The standard InChI is InChI=1S/C14H19NO/c1-14(2,3)11-5-4-10-8-12(6-7-15)16-13(10)9-11/h4-5,8-9H,6-7,15H2,1-3H3. The van der Waals surface area contributed by atoms with Gasteiger partial charge in [0.25, 0.3) is 0 Å². The second kappa shape index (κ2) is 3.95. The first-order valence-electron chi connectivity index (χ1n) is 5.74. The Kier molecular flexibility index (Phi) is 2.76. The highest BCUT2D eigenvalue weighted by Crippen LogP contribution is 2.27. The van der Waals surface area contributed by atoms with Crippen molar-refractivity contribution >= 4 is 11.0 Å². The Morgan fingerprint density at radius 2 is 1.94 bits per heavy atom. The van der Waals surface area contributed by atoms with E-state index in [-0.39, 0.29) is 5.41 Å². The van der Waals surface area contributed by atoms with Gasteiger partial charge in [0.05, 0.1) is 0 Å². The Balaban J connectivity index is 2.46. The van der Waals surface area contributed by atoms with Gasteiger partial charge in [0.15, 0.2) is 0 Å². The Morgan fingerprint density at radius 3 is 2.56 bits per heavy atom. The number of nitrogens with two attached hydrogens (primary N) is 1. The van der Waals surface area contributed by atoms with Crippen molar-refractivity contribution < 1.29 is 4.42 Å². The zero-order chi connectivity index (χ0) is 11.8. The Bertz CT molecular complexity index is 491. The molecule has 0 aliphatic rings. The van der Waals surface area contributed by atoms with Gasteiger partial charge in [-0.3, -0.25) is 0 Å². The largest absolute Gasteiger partial charge is 0.461 e. The summed E-state index contributed by atoms with van der Waals surface area (Å²) in [6.07, 6.45) is 0.805. The van der Waals surface area contributed by atoms with Crippen molar-refractivity contribution in [2.75, 3.05) is 6.54 Å². The van der Waals surface area contributed by atoms with E-state index in [9.17, 15) is 0 Å². The highest BCUT2D eigenvalue weighted by molar-refractivity contribution is 5.78. The van der Waals surface area contributed by atoms with Crippen LogP contribution in [0.5, 0.6) is 0 Å². The smallest absolute Gasteiger partial charge is 0.134 e. The van der Waals surface area contributed by atoms with E-state index < -0.39 is 0 Å². The topological polar surface area (TPSA) is 39.2 Å². The molecular formula is C14H19NO. The van der Waals surface area contributed by atoms with Gasteiger partial charge in [-0.05, 0) is 29.7 Å². The first-order chi connectivity index (χ1) is 7.50. The van der Waals surface area contributed by atoms with Gasteiger partial charge in [-0.2, -0.15) is 0 Å². The maximum absolute atomic E-state index is 5.76. The third-order valence-corrected chi connectivity index (χ3v) is 2.83. The van der Waals surface area contributed by atoms with Crippen molar-refractivity contribution in [2.24, 2.45) is 5.73 Å². The van der Waals surface area contributed by atoms with Gasteiger partial charge in [-0.1, -0.05) is 32.9 Å². The molecule has 2 N–H and O–H groups in total. The highest BCUT2D eigenvalue weighted by atomic mass is 16.3. The normalized spacial score (nSPS) is 12.2. The number of fused-ring (bicyclic) bond motifs is 1. The van der Waals surface area contributed by atoms with Gasteiger partial charge in [-0.15, -0.1) is 0 Å². The lowest BCUT2D eigenvalue weighted by Crippen LogP contribution is -2.10. The molecule has 2 heteroatoms. The predicted octanol–water partition coefficient (Wildman–Crippen LogP) is 3.23. The Morgan fingerprint density at radius 1 is 1.19 bits per heavy atom. The lowest BCUT2D eigenvalue weighted by molar-refractivity contribution is 0.546. The van der Waals surface area contributed by atoms with Crippen LogP contribution in [0.3, 0.4) is 0 Å². The fraction of sp³-hybridized carbons (Fsp3) is 0.429. The number of rotatable bonds is 2. The van der Waals surface area contributed by atoms with Crippen molar-refractivity contribution in [2.45, 2.75) is 32.6 Å². The summed E-state index contributed by atoms with van der Waals surface area (Å²) in [6, 6.07) is 8.51. The van der Waals surface area contributed by atoms with Crippen LogP contribution in [0.4, 0.5) is 0 Å². The van der Waals surface area contributed by atoms with E-state index in [4.69, 9.17) is 10.2 Å². The van der Waals surface area contributed by atoms with Crippen LogP contribution in [0.15, 0.2) is 28.7 Å². The molecule has 0 unspecified atom stereocenters. The van der Waals surface area contributed by atoms with E-state index in [0.717, 1.165) is 23.2 Å². The first kappa shape index (κ1) is 11.2. The van der Waals surface area contributed by atoms with Gasteiger partial charge in [0, 0.05) is 11.8 Å².